The van der Waals surface area contributed by atoms with Crippen LogP contribution in [-0.4, -0.2) is 54.8 Å². The predicted molar refractivity (Wildman–Crippen MR) is 102 cm³/mol. The van der Waals surface area contributed by atoms with Crippen LogP contribution in [0.1, 0.15) is 12.8 Å². The number of halogens is 1. The summed E-state index contributed by atoms with van der Waals surface area (Å²) in [7, 11) is 1.80. The Labute approximate surface area is 159 Å². The van der Waals surface area contributed by atoms with Crippen molar-refractivity contribution in [2.75, 3.05) is 18.9 Å². The zero-order valence-corrected chi connectivity index (χ0v) is 15.2. The number of hydrogen-bond acceptors (Lipinski definition) is 5. The summed E-state index contributed by atoms with van der Waals surface area (Å²) >= 11 is 0. The highest BCUT2D eigenvalue weighted by Gasteiger charge is 2.23. The van der Waals surface area contributed by atoms with Gasteiger partial charge >= 0.3 is 0 Å². The normalized spacial score (nSPS) is 17.6. The van der Waals surface area contributed by atoms with Gasteiger partial charge in [-0.25, -0.2) is 14.4 Å². The number of rotatable bonds is 3. The fraction of sp³-hybridized carbons (Fsp3) is 0.263. The number of H-pyrrole nitrogens is 1. The number of fused-ring (bicyclic) bond motifs is 2. The molecule has 5 heterocycles. The number of nitrogens with one attached hydrogen (secondary N) is 2. The molecule has 1 aliphatic rings. The van der Waals surface area contributed by atoms with E-state index in [1.807, 2.05) is 6.20 Å². The Morgan fingerprint density at radius 3 is 3.11 bits per heavy atom. The van der Waals surface area contributed by atoms with Gasteiger partial charge < -0.3 is 19.6 Å². The number of carbonyl (C=O) groups excluding carboxylic acids is 1. The molecular formula is C19H18FN7O. The summed E-state index contributed by atoms with van der Waals surface area (Å²) in [5, 5.41) is 4.10. The molecule has 1 fully saturated rings. The van der Waals surface area contributed by atoms with Crippen LogP contribution in [0, 0.1) is 5.82 Å². The van der Waals surface area contributed by atoms with Crippen LogP contribution in [0.5, 0.6) is 0 Å². The zero-order valence-electron chi connectivity index (χ0n) is 15.2. The average Bonchev–Trinajstić information content (AvgIpc) is 3.31. The highest BCUT2D eigenvalue weighted by molar-refractivity contribution is 5.93. The van der Waals surface area contributed by atoms with Gasteiger partial charge in [0.2, 0.25) is 11.9 Å². The van der Waals surface area contributed by atoms with Crippen molar-refractivity contribution < 1.29 is 9.18 Å². The standard InChI is InChI=1S/C19H18FN7O/c1-26-10-12(2-3-16(26)28)24-19-23-8-14-13(7-22-17(14)25-19)11-6-15(20)18-21-4-5-27(18)9-11/h4-9,12H,2-3,10H2,1H3,(H2,22,23,24,25)/t12-/m1/s1. The molecule has 4 aromatic heterocycles. The first-order chi connectivity index (χ1) is 13.6. The molecule has 0 radical (unpaired) electrons. The molecule has 1 aliphatic heterocycles. The van der Waals surface area contributed by atoms with Crippen molar-refractivity contribution in [3.8, 4) is 11.1 Å². The number of nitrogens with zero attached hydrogens (tertiary/aromatic N) is 5. The third-order valence-corrected chi connectivity index (χ3v) is 5.15. The van der Waals surface area contributed by atoms with Gasteiger partial charge in [-0.2, -0.15) is 4.98 Å². The quantitative estimate of drug-likeness (QED) is 0.571. The number of piperidine rings is 1. The molecule has 0 aliphatic carbocycles. The Hall–Kier alpha value is -3.49. The highest BCUT2D eigenvalue weighted by atomic mass is 19.1. The number of carbonyl (C=O) groups is 1. The Bertz CT molecular complexity index is 1200. The lowest BCUT2D eigenvalue weighted by atomic mass is 10.1. The van der Waals surface area contributed by atoms with Crippen molar-refractivity contribution in [2.24, 2.45) is 0 Å². The summed E-state index contributed by atoms with van der Waals surface area (Å²) in [5.74, 6) is 0.280. The van der Waals surface area contributed by atoms with Gasteiger partial charge in [-0.1, -0.05) is 0 Å². The third kappa shape index (κ3) is 2.75. The van der Waals surface area contributed by atoms with E-state index in [0.29, 0.717) is 35.8 Å². The van der Waals surface area contributed by atoms with Crippen molar-refractivity contribution in [2.45, 2.75) is 18.9 Å². The van der Waals surface area contributed by atoms with Gasteiger partial charge in [0.25, 0.3) is 0 Å². The SMILES string of the molecule is CN1C[C@H](Nc2ncc3c(-c4cc(F)c5nccn5c4)c[nH]c3n2)CCC1=O. The number of hydrogen-bond donors (Lipinski definition) is 2. The molecule has 1 atom stereocenters. The van der Waals surface area contributed by atoms with Gasteiger partial charge in [-0.05, 0) is 12.5 Å². The Morgan fingerprint density at radius 1 is 1.36 bits per heavy atom. The Morgan fingerprint density at radius 2 is 2.25 bits per heavy atom. The molecule has 0 bridgehead atoms. The van der Waals surface area contributed by atoms with Gasteiger partial charge in [0.1, 0.15) is 5.65 Å². The van der Waals surface area contributed by atoms with E-state index in [1.165, 1.54) is 6.07 Å². The van der Waals surface area contributed by atoms with Gasteiger partial charge in [-0.15, -0.1) is 0 Å². The fourth-order valence-corrected chi connectivity index (χ4v) is 3.67. The van der Waals surface area contributed by atoms with Gasteiger partial charge in [0, 0.05) is 73.6 Å². The fourth-order valence-electron chi connectivity index (χ4n) is 3.67. The van der Waals surface area contributed by atoms with Crippen LogP contribution >= 0.6 is 0 Å². The number of aromatic nitrogens is 5. The molecule has 142 valence electrons. The third-order valence-electron chi connectivity index (χ3n) is 5.15. The van der Waals surface area contributed by atoms with Crippen LogP contribution in [0.15, 0.2) is 37.1 Å². The summed E-state index contributed by atoms with van der Waals surface area (Å²) in [5.41, 5.74) is 2.49. The first-order valence-corrected chi connectivity index (χ1v) is 9.06. The minimum atomic E-state index is -0.382. The van der Waals surface area contributed by atoms with Crippen LogP contribution in [0.4, 0.5) is 10.3 Å². The molecular weight excluding hydrogens is 361 g/mol. The number of likely N-dealkylation sites (tertiary alicyclic amines) is 1. The van der Waals surface area contributed by atoms with Crippen LogP contribution in [0.3, 0.4) is 0 Å². The largest absolute Gasteiger partial charge is 0.350 e. The van der Waals surface area contributed by atoms with Crippen molar-refractivity contribution >= 4 is 28.5 Å². The molecule has 2 N–H and O–H groups in total. The number of anilines is 1. The summed E-state index contributed by atoms with van der Waals surface area (Å²) in [4.78, 5) is 29.4. The molecule has 4 aromatic rings. The second-order valence-electron chi connectivity index (χ2n) is 7.05. The number of likely N-dealkylation sites (N-methyl/N-ethyl adjacent to an activating group) is 1. The molecule has 0 saturated carbocycles. The Balaban J connectivity index is 1.45. The minimum absolute atomic E-state index is 0.118. The molecule has 9 heteroatoms. The molecule has 1 amide bonds. The van der Waals surface area contributed by atoms with Crippen molar-refractivity contribution in [1.29, 1.82) is 0 Å². The maximum atomic E-state index is 14.3. The number of imidazole rings is 1. The van der Waals surface area contributed by atoms with Crippen LogP contribution in [-0.2, 0) is 4.79 Å². The molecule has 0 aromatic carbocycles. The maximum Gasteiger partial charge on any atom is 0.224 e. The van der Waals surface area contributed by atoms with Crippen LogP contribution < -0.4 is 5.32 Å². The smallest absolute Gasteiger partial charge is 0.224 e. The number of pyridine rings is 1. The van der Waals surface area contributed by atoms with E-state index < -0.39 is 0 Å². The van der Waals surface area contributed by atoms with Crippen molar-refractivity contribution in [1.82, 2.24) is 29.2 Å². The molecule has 5 rings (SSSR count). The monoisotopic (exact) mass is 379 g/mol. The van der Waals surface area contributed by atoms with Gasteiger partial charge in [0.15, 0.2) is 11.5 Å². The second-order valence-corrected chi connectivity index (χ2v) is 7.05. The first kappa shape index (κ1) is 16.7. The first-order valence-electron chi connectivity index (χ1n) is 9.06. The predicted octanol–water partition coefficient (Wildman–Crippen LogP) is 2.44. The van der Waals surface area contributed by atoms with Crippen molar-refractivity contribution in [3.63, 3.8) is 0 Å². The lowest BCUT2D eigenvalue weighted by molar-refractivity contribution is -0.132. The molecule has 28 heavy (non-hydrogen) atoms. The maximum absolute atomic E-state index is 14.3. The summed E-state index contributed by atoms with van der Waals surface area (Å²) in [6.45, 7) is 0.625. The zero-order chi connectivity index (χ0) is 19.3. The molecule has 8 nitrogen and oxygen atoms in total. The molecule has 0 unspecified atom stereocenters. The molecule has 1 saturated heterocycles. The van der Waals surface area contributed by atoms with E-state index in [-0.39, 0.29) is 17.8 Å². The average molecular weight is 379 g/mol. The minimum Gasteiger partial charge on any atom is -0.350 e. The van der Waals surface area contributed by atoms with E-state index in [9.17, 15) is 9.18 Å². The van der Waals surface area contributed by atoms with Crippen molar-refractivity contribution in [3.05, 3.63) is 42.9 Å². The van der Waals surface area contributed by atoms with Crippen LogP contribution in [0.25, 0.3) is 27.8 Å². The van der Waals surface area contributed by atoms with E-state index in [4.69, 9.17) is 0 Å². The van der Waals surface area contributed by atoms with Crippen LogP contribution in [0.2, 0.25) is 0 Å². The van der Waals surface area contributed by atoms with Gasteiger partial charge in [-0.3, -0.25) is 4.79 Å². The lowest BCUT2D eigenvalue weighted by Gasteiger charge is -2.30. The van der Waals surface area contributed by atoms with E-state index >= 15 is 0 Å². The highest BCUT2D eigenvalue weighted by Crippen LogP contribution is 2.29. The molecule has 0 spiro atoms. The van der Waals surface area contributed by atoms with E-state index in [0.717, 1.165) is 17.4 Å². The summed E-state index contributed by atoms with van der Waals surface area (Å²) in [6, 6.07) is 1.58. The lowest BCUT2D eigenvalue weighted by Crippen LogP contribution is -2.43. The summed E-state index contributed by atoms with van der Waals surface area (Å²) < 4.78 is 15.9. The second kappa shape index (κ2) is 6.29. The van der Waals surface area contributed by atoms with E-state index in [1.54, 1.807) is 41.1 Å². The van der Waals surface area contributed by atoms with Gasteiger partial charge in [0.05, 0.1) is 0 Å². The van der Waals surface area contributed by atoms with E-state index in [2.05, 4.69) is 25.3 Å². The number of amides is 1. The Kier molecular flexibility index (Phi) is 3.75. The number of aromatic amines is 1. The summed E-state index contributed by atoms with van der Waals surface area (Å²) in [6.07, 6.45) is 9.90. The topological polar surface area (TPSA) is 91.2 Å².